The van der Waals surface area contributed by atoms with Gasteiger partial charge < -0.3 is 10.5 Å². The summed E-state index contributed by atoms with van der Waals surface area (Å²) < 4.78 is 33.0. The maximum atomic E-state index is 12.2. The summed E-state index contributed by atoms with van der Waals surface area (Å²) in [4.78, 5) is 1.06. The summed E-state index contributed by atoms with van der Waals surface area (Å²) in [6, 6.07) is 3.00. The molecule has 0 spiro atoms. The number of aryl methyl sites for hydroxylation is 1. The van der Waals surface area contributed by atoms with Crippen molar-refractivity contribution < 1.29 is 13.2 Å². The van der Waals surface area contributed by atoms with Crippen LogP contribution >= 0.6 is 11.3 Å². The van der Waals surface area contributed by atoms with Gasteiger partial charge in [0, 0.05) is 17.5 Å². The first-order valence-corrected chi connectivity index (χ1v) is 8.76. The van der Waals surface area contributed by atoms with E-state index in [2.05, 4.69) is 4.72 Å². The highest BCUT2D eigenvalue weighted by Gasteiger charge is 2.42. The molecule has 2 rings (SSSR count). The van der Waals surface area contributed by atoms with E-state index in [0.29, 0.717) is 17.2 Å². The van der Waals surface area contributed by atoms with Gasteiger partial charge in [0.25, 0.3) is 0 Å². The van der Waals surface area contributed by atoms with E-state index in [1.165, 1.54) is 11.3 Å². The summed E-state index contributed by atoms with van der Waals surface area (Å²) in [5, 5.41) is 0. The molecule has 0 aliphatic heterocycles. The molecule has 3 atom stereocenters. The lowest BCUT2D eigenvalue weighted by Crippen LogP contribution is -2.64. The van der Waals surface area contributed by atoms with Gasteiger partial charge in [-0.25, -0.2) is 13.1 Å². The molecule has 3 unspecified atom stereocenters. The molecule has 19 heavy (non-hydrogen) atoms. The molecule has 0 amide bonds. The van der Waals surface area contributed by atoms with E-state index in [4.69, 9.17) is 10.5 Å². The van der Waals surface area contributed by atoms with Gasteiger partial charge in [-0.05, 0) is 31.9 Å². The lowest BCUT2D eigenvalue weighted by molar-refractivity contribution is -0.0248. The number of ether oxygens (including phenoxy) is 1. The Morgan fingerprint density at radius 3 is 2.74 bits per heavy atom. The second-order valence-electron chi connectivity index (χ2n) is 4.61. The number of nitrogens with two attached hydrogens (primary N) is 1. The van der Waals surface area contributed by atoms with Crippen molar-refractivity contribution >= 4 is 21.4 Å². The van der Waals surface area contributed by atoms with Crippen LogP contribution in [0.4, 0.5) is 0 Å². The first-order chi connectivity index (χ1) is 8.97. The van der Waals surface area contributed by atoms with Gasteiger partial charge in [-0.2, -0.15) is 0 Å². The van der Waals surface area contributed by atoms with E-state index in [1.54, 1.807) is 6.07 Å². The molecule has 1 fully saturated rings. The number of hydrogen-bond acceptors (Lipinski definition) is 5. The van der Waals surface area contributed by atoms with Crippen LogP contribution in [0.25, 0.3) is 0 Å². The fraction of sp³-hybridized carbons (Fsp3) is 0.667. The molecule has 1 saturated carbocycles. The molecular weight excluding hydrogens is 284 g/mol. The number of thiophene rings is 1. The Morgan fingerprint density at radius 1 is 1.47 bits per heavy atom. The number of nitrogens with one attached hydrogen (secondary N) is 1. The molecule has 0 bridgehead atoms. The molecule has 1 aromatic rings. The second-order valence-corrected chi connectivity index (χ2v) is 7.72. The largest absolute Gasteiger partial charge is 0.377 e. The fourth-order valence-electron chi connectivity index (χ4n) is 2.12. The van der Waals surface area contributed by atoms with Gasteiger partial charge in [0.15, 0.2) is 0 Å². The number of sulfonamides is 1. The normalized spacial score (nSPS) is 27.2. The summed E-state index contributed by atoms with van der Waals surface area (Å²) in [7, 11) is -3.49. The Kier molecular flexibility index (Phi) is 4.62. The highest BCUT2D eigenvalue weighted by atomic mass is 32.2. The predicted molar refractivity (Wildman–Crippen MR) is 75.8 cm³/mol. The first kappa shape index (κ1) is 14.9. The van der Waals surface area contributed by atoms with Crippen molar-refractivity contribution in [2.24, 2.45) is 5.73 Å². The van der Waals surface area contributed by atoms with E-state index in [0.717, 1.165) is 11.3 Å². The molecule has 1 aliphatic carbocycles. The Labute approximate surface area is 118 Å². The summed E-state index contributed by atoms with van der Waals surface area (Å²) in [5.74, 6) is 0. The van der Waals surface area contributed by atoms with Crippen molar-refractivity contribution in [1.82, 2.24) is 4.72 Å². The van der Waals surface area contributed by atoms with Gasteiger partial charge in [-0.3, -0.25) is 0 Å². The molecule has 0 radical (unpaired) electrons. The molecule has 5 nitrogen and oxygen atoms in total. The molecule has 0 aromatic carbocycles. The lowest BCUT2D eigenvalue weighted by atomic mass is 9.84. The van der Waals surface area contributed by atoms with Crippen molar-refractivity contribution in [3.63, 3.8) is 0 Å². The van der Waals surface area contributed by atoms with Crippen molar-refractivity contribution in [1.29, 1.82) is 0 Å². The molecule has 3 N–H and O–H groups in total. The quantitative estimate of drug-likeness (QED) is 0.824. The van der Waals surface area contributed by atoms with Gasteiger partial charge in [0.05, 0.1) is 12.1 Å². The van der Waals surface area contributed by atoms with Gasteiger partial charge in [0.1, 0.15) is 4.21 Å². The van der Waals surface area contributed by atoms with Crippen LogP contribution in [0.5, 0.6) is 0 Å². The minimum atomic E-state index is -3.49. The third kappa shape index (κ3) is 3.17. The Balaban J connectivity index is 2.08. The first-order valence-electron chi connectivity index (χ1n) is 6.46. The van der Waals surface area contributed by atoms with Crippen LogP contribution in [0.1, 0.15) is 25.1 Å². The number of rotatable bonds is 6. The van der Waals surface area contributed by atoms with Crippen LogP contribution in [0.15, 0.2) is 16.3 Å². The maximum Gasteiger partial charge on any atom is 0.250 e. The molecule has 0 saturated heterocycles. The average molecular weight is 304 g/mol. The minimum absolute atomic E-state index is 0.111. The van der Waals surface area contributed by atoms with E-state index in [1.807, 2.05) is 19.9 Å². The molecule has 1 aliphatic rings. The highest BCUT2D eigenvalue weighted by molar-refractivity contribution is 7.91. The van der Waals surface area contributed by atoms with Crippen LogP contribution in [0.3, 0.4) is 0 Å². The van der Waals surface area contributed by atoms with Crippen LogP contribution in [-0.4, -0.2) is 33.2 Å². The van der Waals surface area contributed by atoms with Gasteiger partial charge in [-0.1, -0.05) is 6.92 Å². The van der Waals surface area contributed by atoms with Crippen LogP contribution < -0.4 is 10.5 Å². The van der Waals surface area contributed by atoms with Crippen molar-refractivity contribution in [2.45, 2.75) is 49.1 Å². The zero-order valence-corrected chi connectivity index (χ0v) is 12.8. The van der Waals surface area contributed by atoms with Gasteiger partial charge >= 0.3 is 0 Å². The second kappa shape index (κ2) is 5.88. The highest BCUT2D eigenvalue weighted by Crippen LogP contribution is 2.27. The monoisotopic (exact) mass is 304 g/mol. The topological polar surface area (TPSA) is 81.4 Å². The van der Waals surface area contributed by atoms with E-state index in [9.17, 15) is 8.42 Å². The minimum Gasteiger partial charge on any atom is -0.377 e. The smallest absolute Gasteiger partial charge is 0.250 e. The number of hydrogen-bond donors (Lipinski definition) is 2. The lowest BCUT2D eigenvalue weighted by Gasteiger charge is -2.41. The van der Waals surface area contributed by atoms with Crippen molar-refractivity contribution in [3.05, 3.63) is 17.0 Å². The summed E-state index contributed by atoms with van der Waals surface area (Å²) in [6.07, 6.45) is 1.43. The molecule has 108 valence electrons. The Hall–Kier alpha value is -0.470. The predicted octanol–water partition coefficient (Wildman–Crippen LogP) is 1.09. The van der Waals surface area contributed by atoms with E-state index >= 15 is 0 Å². The Bertz CT molecular complexity index is 525. The SMILES string of the molecule is CCOC1CC(N)C1NS(=O)(=O)c1ccc(CC)s1. The average Bonchev–Trinajstić information content (AvgIpc) is 2.86. The van der Waals surface area contributed by atoms with Crippen molar-refractivity contribution in [2.75, 3.05) is 6.61 Å². The molecule has 1 heterocycles. The zero-order valence-electron chi connectivity index (χ0n) is 11.1. The summed E-state index contributed by atoms with van der Waals surface area (Å²) >= 11 is 1.30. The fourth-order valence-corrected chi connectivity index (χ4v) is 4.75. The van der Waals surface area contributed by atoms with E-state index in [-0.39, 0.29) is 18.2 Å². The third-order valence-electron chi connectivity index (χ3n) is 3.29. The summed E-state index contributed by atoms with van der Waals surface area (Å²) in [6.45, 7) is 4.46. The third-order valence-corrected chi connectivity index (χ3v) is 6.47. The molecule has 1 aromatic heterocycles. The van der Waals surface area contributed by atoms with Crippen LogP contribution in [0, 0.1) is 0 Å². The van der Waals surface area contributed by atoms with Crippen LogP contribution in [0.2, 0.25) is 0 Å². The van der Waals surface area contributed by atoms with Gasteiger partial charge in [-0.15, -0.1) is 11.3 Å². The standard InChI is InChI=1S/C12H20N2O3S2/c1-3-8-5-6-11(18-8)19(15,16)14-12-9(13)7-10(12)17-4-2/h5-6,9-10,12,14H,3-4,7,13H2,1-2H3. The van der Waals surface area contributed by atoms with Crippen LogP contribution in [-0.2, 0) is 21.2 Å². The van der Waals surface area contributed by atoms with E-state index < -0.39 is 10.0 Å². The Morgan fingerprint density at radius 2 is 2.21 bits per heavy atom. The summed E-state index contributed by atoms with van der Waals surface area (Å²) in [5.41, 5.74) is 5.86. The van der Waals surface area contributed by atoms with Crippen molar-refractivity contribution in [3.8, 4) is 0 Å². The molecular formula is C12H20N2O3S2. The zero-order chi connectivity index (χ0) is 14.0. The molecule has 7 heteroatoms. The maximum absolute atomic E-state index is 12.2. The van der Waals surface area contributed by atoms with Gasteiger partial charge in [0.2, 0.25) is 10.0 Å².